The third kappa shape index (κ3) is 4.86. The van der Waals surface area contributed by atoms with Crippen molar-refractivity contribution in [1.82, 2.24) is 15.3 Å². The van der Waals surface area contributed by atoms with Crippen LogP contribution in [0.1, 0.15) is 16.1 Å². The van der Waals surface area contributed by atoms with Crippen LogP contribution in [0.2, 0.25) is 10.0 Å². The molecule has 0 atom stereocenters. The number of benzene rings is 1. The van der Waals surface area contributed by atoms with Crippen LogP contribution in [-0.4, -0.2) is 32.2 Å². The quantitative estimate of drug-likeness (QED) is 0.398. The van der Waals surface area contributed by atoms with Crippen molar-refractivity contribution in [2.45, 2.75) is 6.54 Å². The highest BCUT2D eigenvalue weighted by Crippen LogP contribution is 2.29. The van der Waals surface area contributed by atoms with E-state index in [1.165, 1.54) is 11.3 Å². The summed E-state index contributed by atoms with van der Waals surface area (Å²) in [5, 5.41) is 27.9. The van der Waals surface area contributed by atoms with Gasteiger partial charge in [-0.3, -0.25) is 4.79 Å². The minimum absolute atomic E-state index is 0.108. The number of carbonyl (C=O) groups is 2. The first-order valence-corrected chi connectivity index (χ1v) is 9.57. The summed E-state index contributed by atoms with van der Waals surface area (Å²) in [7, 11) is 0. The molecule has 12 heteroatoms. The molecule has 29 heavy (non-hydrogen) atoms. The summed E-state index contributed by atoms with van der Waals surface area (Å²) in [5.74, 6) is -2.66. The third-order valence-electron chi connectivity index (χ3n) is 3.64. The molecule has 5 N–H and O–H groups in total. The number of nitrogens with one attached hydrogen (secondary N) is 3. The minimum Gasteiger partial charge on any atom is -0.501 e. The number of carbonyl (C=O) groups excluding carboxylic acids is 1. The molecular formula is C17H12Cl2N4O5S. The second kappa shape index (κ2) is 8.52. The number of hydrogen-bond donors (Lipinski definition) is 5. The Hall–Kier alpha value is -3.08. The van der Waals surface area contributed by atoms with Gasteiger partial charge in [-0.1, -0.05) is 23.2 Å². The van der Waals surface area contributed by atoms with E-state index in [1.54, 1.807) is 29.0 Å². The highest BCUT2D eigenvalue weighted by Gasteiger charge is 2.19. The topological polar surface area (TPSA) is 144 Å². The van der Waals surface area contributed by atoms with Crippen LogP contribution in [0.4, 0.5) is 10.5 Å². The van der Waals surface area contributed by atoms with E-state index in [0.29, 0.717) is 21.3 Å². The van der Waals surface area contributed by atoms with Gasteiger partial charge in [0.05, 0.1) is 11.3 Å². The minimum atomic E-state index is -1.56. The van der Waals surface area contributed by atoms with Gasteiger partial charge in [-0.15, -0.1) is 11.3 Å². The number of aromatic hydroxyl groups is 1. The molecule has 0 bridgehead atoms. The fourth-order valence-electron chi connectivity index (χ4n) is 2.38. The van der Waals surface area contributed by atoms with E-state index < -0.39 is 29.0 Å². The molecule has 0 aliphatic rings. The monoisotopic (exact) mass is 454 g/mol. The predicted octanol–water partition coefficient (Wildman–Crippen LogP) is 3.53. The number of carboxylic acids is 1. The number of halogens is 2. The first-order valence-electron chi connectivity index (χ1n) is 7.87. The number of urea groups is 1. The molecule has 2 heterocycles. The summed E-state index contributed by atoms with van der Waals surface area (Å²) in [6, 6.07) is 4.33. The lowest BCUT2D eigenvalue weighted by Crippen LogP contribution is -2.28. The summed E-state index contributed by atoms with van der Waals surface area (Å²) in [4.78, 5) is 41.2. The summed E-state index contributed by atoms with van der Waals surface area (Å²) in [6.45, 7) is 0.156. The Balaban J connectivity index is 1.78. The fraction of sp³-hybridized carbons (Fsp3) is 0.0588. The molecule has 2 aromatic heterocycles. The lowest BCUT2D eigenvalue weighted by Gasteiger charge is -2.09. The van der Waals surface area contributed by atoms with E-state index in [9.17, 15) is 19.5 Å². The molecule has 0 radical (unpaired) electrons. The molecule has 1 aromatic carbocycles. The lowest BCUT2D eigenvalue weighted by molar-refractivity contribution is 0.0686. The molecular weight excluding hydrogens is 443 g/mol. The maximum absolute atomic E-state index is 12.2. The second-order valence-electron chi connectivity index (χ2n) is 5.70. The van der Waals surface area contributed by atoms with Crippen molar-refractivity contribution >= 4 is 52.2 Å². The Bertz CT molecular complexity index is 1140. The summed E-state index contributed by atoms with van der Waals surface area (Å²) < 4.78 is 0. The van der Waals surface area contributed by atoms with E-state index in [-0.39, 0.29) is 17.9 Å². The molecule has 3 aromatic rings. The standard InChI is InChI=1S/C17H12Cl2N4O5S/c18-8-1-7(2-9(19)3-8)4-20-17(28)21-11-6-29-5-10(11)14-22-12(16(26)27)13(24)15(25)23-14/h1-3,5-6,24H,4H2,(H,26,27)(H2,20,21,28)(H,22,23,25). The van der Waals surface area contributed by atoms with Gasteiger partial charge in [0.15, 0.2) is 5.69 Å². The van der Waals surface area contributed by atoms with E-state index in [4.69, 9.17) is 28.3 Å². The Labute approximate surface area is 176 Å². The molecule has 0 unspecified atom stereocenters. The van der Waals surface area contributed by atoms with E-state index in [1.807, 2.05) is 0 Å². The average molecular weight is 455 g/mol. The maximum atomic E-state index is 12.2. The molecule has 0 saturated carbocycles. The van der Waals surface area contributed by atoms with Gasteiger partial charge in [-0.25, -0.2) is 14.6 Å². The van der Waals surface area contributed by atoms with Crippen LogP contribution in [0.5, 0.6) is 5.75 Å². The van der Waals surface area contributed by atoms with Gasteiger partial charge in [-0.2, -0.15) is 0 Å². The van der Waals surface area contributed by atoms with Crippen molar-refractivity contribution in [3.05, 3.63) is 60.6 Å². The summed E-state index contributed by atoms with van der Waals surface area (Å²) >= 11 is 13.0. The van der Waals surface area contributed by atoms with Crippen molar-refractivity contribution in [2.75, 3.05) is 5.32 Å². The van der Waals surface area contributed by atoms with Gasteiger partial charge < -0.3 is 25.8 Å². The van der Waals surface area contributed by atoms with Gasteiger partial charge in [0, 0.05) is 27.4 Å². The number of aromatic amines is 1. The van der Waals surface area contributed by atoms with E-state index in [0.717, 1.165) is 0 Å². The number of aromatic carboxylic acids is 1. The van der Waals surface area contributed by atoms with E-state index >= 15 is 0 Å². The van der Waals surface area contributed by atoms with Crippen molar-refractivity contribution in [1.29, 1.82) is 0 Å². The zero-order valence-corrected chi connectivity index (χ0v) is 16.7. The smallest absolute Gasteiger partial charge is 0.358 e. The highest BCUT2D eigenvalue weighted by molar-refractivity contribution is 7.08. The molecule has 150 valence electrons. The van der Waals surface area contributed by atoms with Crippen LogP contribution in [0.3, 0.4) is 0 Å². The van der Waals surface area contributed by atoms with Crippen molar-refractivity contribution in [2.24, 2.45) is 0 Å². The molecule has 0 aliphatic carbocycles. The van der Waals surface area contributed by atoms with Crippen LogP contribution in [0.15, 0.2) is 33.8 Å². The summed E-state index contributed by atoms with van der Waals surface area (Å²) in [6.07, 6.45) is 0. The van der Waals surface area contributed by atoms with Crippen molar-refractivity contribution in [3.8, 4) is 17.1 Å². The number of H-pyrrole nitrogens is 1. The van der Waals surface area contributed by atoms with Crippen LogP contribution in [0, 0.1) is 0 Å². The normalized spacial score (nSPS) is 10.6. The van der Waals surface area contributed by atoms with Gasteiger partial charge in [0.2, 0.25) is 5.75 Å². The zero-order chi connectivity index (χ0) is 21.1. The molecule has 0 fully saturated rings. The van der Waals surface area contributed by atoms with E-state index in [2.05, 4.69) is 20.6 Å². The number of nitrogens with zero attached hydrogens (tertiary/aromatic N) is 1. The molecule has 9 nitrogen and oxygen atoms in total. The van der Waals surface area contributed by atoms with Crippen molar-refractivity contribution in [3.63, 3.8) is 0 Å². The third-order valence-corrected chi connectivity index (χ3v) is 4.82. The Kier molecular flexibility index (Phi) is 6.06. The average Bonchev–Trinajstić information content (AvgIpc) is 3.09. The molecule has 0 aliphatic heterocycles. The van der Waals surface area contributed by atoms with Gasteiger partial charge >= 0.3 is 12.0 Å². The number of amides is 2. The van der Waals surface area contributed by atoms with Gasteiger partial charge in [0.25, 0.3) is 5.56 Å². The number of carboxylic acid groups (broad SMARTS) is 1. The predicted molar refractivity (Wildman–Crippen MR) is 109 cm³/mol. The van der Waals surface area contributed by atoms with Gasteiger partial charge in [-0.05, 0) is 23.8 Å². The number of rotatable bonds is 5. The number of thiophene rings is 1. The first kappa shape index (κ1) is 20.6. The van der Waals surface area contributed by atoms with Crippen LogP contribution in [-0.2, 0) is 6.54 Å². The molecule has 0 saturated heterocycles. The highest BCUT2D eigenvalue weighted by atomic mass is 35.5. The number of anilines is 1. The largest absolute Gasteiger partial charge is 0.501 e. The first-order chi connectivity index (χ1) is 13.7. The second-order valence-corrected chi connectivity index (χ2v) is 7.32. The number of hydrogen-bond acceptors (Lipinski definition) is 6. The lowest BCUT2D eigenvalue weighted by atomic mass is 10.2. The fourth-order valence-corrected chi connectivity index (χ4v) is 3.72. The summed E-state index contributed by atoms with van der Waals surface area (Å²) in [5.41, 5.74) is -0.522. The van der Waals surface area contributed by atoms with Crippen LogP contribution < -0.4 is 16.2 Å². The molecule has 0 spiro atoms. The Morgan fingerprint density at radius 2 is 1.86 bits per heavy atom. The van der Waals surface area contributed by atoms with Crippen molar-refractivity contribution < 1.29 is 19.8 Å². The Morgan fingerprint density at radius 1 is 1.17 bits per heavy atom. The SMILES string of the molecule is O=C(NCc1cc(Cl)cc(Cl)c1)Nc1cscc1-c1nc(C(=O)O)c(O)c(=O)[nH]1. The maximum Gasteiger partial charge on any atom is 0.358 e. The van der Waals surface area contributed by atoms with Gasteiger partial charge in [0.1, 0.15) is 5.82 Å². The molecule has 2 amide bonds. The number of aromatic nitrogens is 2. The molecule has 3 rings (SSSR count). The Morgan fingerprint density at radius 3 is 2.52 bits per heavy atom. The van der Waals surface area contributed by atoms with Crippen LogP contribution >= 0.6 is 34.5 Å². The zero-order valence-electron chi connectivity index (χ0n) is 14.3. The van der Waals surface area contributed by atoms with Crippen LogP contribution in [0.25, 0.3) is 11.4 Å².